The molecule has 3 unspecified atom stereocenters. The standard InChI is InChI=1S/C33H66O6Si3/c1-25(2)34-28(7)40(31-19-13-10-14-20-31)37-41(29(8)35-26(3)4,32-21-15-11-16-22-32)39-42(38-40,30(9)36-27(5)6)33-23-17-12-18-24-33/h25-33H,10-24H2,1-9H3. The molecule has 6 nitrogen and oxygen atoms in total. The zero-order valence-corrected chi connectivity index (χ0v) is 31.8. The lowest BCUT2D eigenvalue weighted by molar-refractivity contribution is -0.0146. The van der Waals surface area contributed by atoms with Crippen molar-refractivity contribution in [3.63, 3.8) is 0 Å². The van der Waals surface area contributed by atoms with Crippen LogP contribution in [0.2, 0.25) is 16.6 Å². The molecule has 4 aliphatic rings. The molecule has 42 heavy (non-hydrogen) atoms. The van der Waals surface area contributed by atoms with Crippen LogP contribution in [0.5, 0.6) is 0 Å². The Kier molecular flexibility index (Phi) is 12.9. The molecule has 3 atom stereocenters. The van der Waals surface area contributed by atoms with Crippen LogP contribution in [0.3, 0.4) is 0 Å². The Morgan fingerprint density at radius 1 is 0.381 bits per heavy atom. The molecule has 1 heterocycles. The monoisotopic (exact) mass is 642 g/mol. The predicted molar refractivity (Wildman–Crippen MR) is 178 cm³/mol. The fraction of sp³-hybridized carbons (Fsp3) is 1.00. The minimum Gasteiger partial charge on any atom is -0.412 e. The van der Waals surface area contributed by atoms with E-state index in [1.807, 2.05) is 0 Å². The highest BCUT2D eigenvalue weighted by Gasteiger charge is 2.73. The molecule has 246 valence electrons. The van der Waals surface area contributed by atoms with Crippen molar-refractivity contribution in [2.24, 2.45) is 0 Å². The van der Waals surface area contributed by atoms with E-state index in [9.17, 15) is 0 Å². The van der Waals surface area contributed by atoms with E-state index in [0.717, 1.165) is 0 Å². The SMILES string of the molecule is CC(C)OC(C)[Si]1(C2CCCCC2)O[Si](C2CCCCC2)(C(C)OC(C)C)O[Si](C2CCCCC2)(C(C)OC(C)C)O1. The lowest BCUT2D eigenvalue weighted by Crippen LogP contribution is -2.82. The van der Waals surface area contributed by atoms with E-state index in [4.69, 9.17) is 26.6 Å². The van der Waals surface area contributed by atoms with Crippen LogP contribution in [-0.4, -0.2) is 61.2 Å². The average molecular weight is 643 g/mol. The van der Waals surface area contributed by atoms with Gasteiger partial charge in [-0.15, -0.1) is 0 Å². The Morgan fingerprint density at radius 3 is 0.786 bits per heavy atom. The quantitative estimate of drug-likeness (QED) is 0.198. The van der Waals surface area contributed by atoms with E-state index < -0.39 is 25.7 Å². The summed E-state index contributed by atoms with van der Waals surface area (Å²) in [4.78, 5) is 0. The molecule has 4 fully saturated rings. The summed E-state index contributed by atoms with van der Waals surface area (Å²) in [6.07, 6.45) is 18.9. The van der Waals surface area contributed by atoms with Gasteiger partial charge in [0.2, 0.25) is 0 Å². The van der Waals surface area contributed by atoms with E-state index >= 15 is 0 Å². The third-order valence-corrected chi connectivity index (χ3v) is 27.2. The molecule has 0 bridgehead atoms. The Balaban J connectivity index is 1.97. The molecule has 0 aromatic rings. The molecular formula is C33H66O6Si3. The minimum atomic E-state index is -3.00. The number of hydrogen-bond donors (Lipinski definition) is 0. The number of rotatable bonds is 12. The first-order chi connectivity index (χ1) is 19.9. The summed E-state index contributed by atoms with van der Waals surface area (Å²) in [5.74, 6) is 0. The van der Waals surface area contributed by atoms with Gasteiger partial charge in [-0.25, -0.2) is 0 Å². The molecule has 0 aromatic heterocycles. The zero-order chi connectivity index (χ0) is 30.5. The van der Waals surface area contributed by atoms with E-state index in [-0.39, 0.29) is 35.5 Å². The van der Waals surface area contributed by atoms with Gasteiger partial charge in [0.25, 0.3) is 0 Å². The Morgan fingerprint density at radius 2 is 0.595 bits per heavy atom. The lowest BCUT2D eigenvalue weighted by Gasteiger charge is -2.63. The minimum absolute atomic E-state index is 0.0621. The fourth-order valence-corrected chi connectivity index (χ4v) is 31.4. The molecule has 3 saturated carbocycles. The fourth-order valence-electron chi connectivity index (χ4n) is 8.83. The predicted octanol–water partition coefficient (Wildman–Crippen LogP) is 9.44. The van der Waals surface area contributed by atoms with E-state index in [1.54, 1.807) is 0 Å². The third-order valence-electron chi connectivity index (χ3n) is 10.6. The van der Waals surface area contributed by atoms with Crippen molar-refractivity contribution in [1.29, 1.82) is 0 Å². The van der Waals surface area contributed by atoms with Crippen LogP contribution in [0.25, 0.3) is 0 Å². The van der Waals surface area contributed by atoms with Gasteiger partial charge in [-0.3, -0.25) is 0 Å². The zero-order valence-electron chi connectivity index (χ0n) is 28.8. The van der Waals surface area contributed by atoms with E-state index in [0.29, 0.717) is 16.6 Å². The van der Waals surface area contributed by atoms with Crippen LogP contribution in [0.15, 0.2) is 0 Å². The van der Waals surface area contributed by atoms with Gasteiger partial charge in [-0.2, -0.15) is 0 Å². The second-order valence-corrected chi connectivity index (χ2v) is 26.6. The molecule has 0 amide bonds. The molecule has 0 N–H and O–H groups in total. The Hall–Kier alpha value is 0.411. The third kappa shape index (κ3) is 7.68. The highest BCUT2D eigenvalue weighted by atomic mass is 28.5. The summed E-state index contributed by atoms with van der Waals surface area (Å²) < 4.78 is 44.6. The molecular weight excluding hydrogens is 577 g/mol. The van der Waals surface area contributed by atoms with Gasteiger partial charge in [0.15, 0.2) is 0 Å². The number of ether oxygens (including phenoxy) is 3. The van der Waals surface area contributed by atoms with Crippen molar-refractivity contribution in [1.82, 2.24) is 0 Å². The van der Waals surface area contributed by atoms with Gasteiger partial charge < -0.3 is 26.6 Å². The molecule has 1 aliphatic heterocycles. The van der Waals surface area contributed by atoms with Crippen LogP contribution in [-0.2, 0) is 26.6 Å². The molecule has 4 rings (SSSR count). The molecule has 1 saturated heterocycles. The molecule has 0 spiro atoms. The van der Waals surface area contributed by atoms with Gasteiger partial charge in [0.1, 0.15) is 0 Å². The first kappa shape index (κ1) is 35.3. The van der Waals surface area contributed by atoms with Crippen LogP contribution in [0.4, 0.5) is 0 Å². The summed E-state index contributed by atoms with van der Waals surface area (Å²) in [7, 11) is -8.99. The Labute approximate surface area is 262 Å². The second kappa shape index (κ2) is 15.3. The van der Waals surface area contributed by atoms with Gasteiger partial charge in [0, 0.05) is 16.6 Å². The van der Waals surface area contributed by atoms with Crippen LogP contribution >= 0.6 is 0 Å². The highest BCUT2D eigenvalue weighted by Crippen LogP contribution is 2.56. The summed E-state index contributed by atoms with van der Waals surface area (Å²) >= 11 is 0. The smallest absolute Gasteiger partial charge is 0.353 e. The van der Waals surface area contributed by atoms with Gasteiger partial charge in [-0.05, 0) is 101 Å². The van der Waals surface area contributed by atoms with Crippen molar-refractivity contribution >= 4 is 25.7 Å². The maximum Gasteiger partial charge on any atom is 0.353 e. The van der Waals surface area contributed by atoms with Crippen LogP contribution in [0.1, 0.15) is 159 Å². The molecule has 3 aliphatic carbocycles. The van der Waals surface area contributed by atoms with Crippen LogP contribution < -0.4 is 0 Å². The van der Waals surface area contributed by atoms with Crippen LogP contribution in [0, 0.1) is 0 Å². The van der Waals surface area contributed by atoms with Gasteiger partial charge in [0.05, 0.1) is 35.5 Å². The molecule has 0 aromatic carbocycles. The normalized spacial score (nSPS) is 35.1. The summed E-state index contributed by atoms with van der Waals surface area (Å²) in [6.45, 7) is 19.9. The van der Waals surface area contributed by atoms with Crippen molar-refractivity contribution in [2.45, 2.75) is 211 Å². The Bertz CT molecular complexity index is 697. The largest absolute Gasteiger partial charge is 0.412 e. The number of hydrogen-bond acceptors (Lipinski definition) is 6. The topological polar surface area (TPSA) is 55.4 Å². The van der Waals surface area contributed by atoms with Crippen molar-refractivity contribution < 1.29 is 26.6 Å². The first-order valence-corrected chi connectivity index (χ1v) is 23.9. The molecule has 9 heteroatoms. The highest BCUT2D eigenvalue weighted by molar-refractivity contribution is 6.97. The summed E-state index contributed by atoms with van der Waals surface area (Å²) in [5.41, 5.74) is 1.08. The van der Waals surface area contributed by atoms with Crippen molar-refractivity contribution in [3.05, 3.63) is 0 Å². The summed E-state index contributed by atoms with van der Waals surface area (Å²) in [6, 6.07) is 0. The maximum absolute atomic E-state index is 8.03. The van der Waals surface area contributed by atoms with Crippen molar-refractivity contribution in [2.75, 3.05) is 0 Å². The summed E-state index contributed by atoms with van der Waals surface area (Å²) in [5, 5.41) is 0. The first-order valence-electron chi connectivity index (χ1n) is 18.0. The second-order valence-electron chi connectivity index (χ2n) is 15.0. The molecule has 0 radical (unpaired) electrons. The van der Waals surface area contributed by atoms with Gasteiger partial charge >= 0.3 is 25.7 Å². The maximum atomic E-state index is 8.03. The van der Waals surface area contributed by atoms with E-state index in [2.05, 4.69) is 62.3 Å². The lowest BCUT2D eigenvalue weighted by atomic mass is 10.0. The average Bonchev–Trinajstić information content (AvgIpc) is 2.97. The van der Waals surface area contributed by atoms with E-state index in [1.165, 1.54) is 96.3 Å². The van der Waals surface area contributed by atoms with Crippen molar-refractivity contribution in [3.8, 4) is 0 Å². The van der Waals surface area contributed by atoms with Gasteiger partial charge in [-0.1, -0.05) is 57.8 Å².